The van der Waals surface area contributed by atoms with Crippen molar-refractivity contribution < 1.29 is 14.8 Å². The molecule has 6 nitrogen and oxygen atoms in total. The van der Waals surface area contributed by atoms with Crippen molar-refractivity contribution in [3.63, 3.8) is 0 Å². The van der Waals surface area contributed by atoms with Crippen LogP contribution >= 0.6 is 0 Å². The molecule has 0 aromatic carbocycles. The first-order valence-corrected chi connectivity index (χ1v) is 5.79. The highest BCUT2D eigenvalue weighted by molar-refractivity contribution is 5.86. The highest BCUT2D eigenvalue weighted by Crippen LogP contribution is 2.57. The summed E-state index contributed by atoms with van der Waals surface area (Å²) in [5.74, 6) is -1.08. The van der Waals surface area contributed by atoms with E-state index in [1.54, 1.807) is 6.92 Å². The number of carboxylic acids is 1. The fraction of sp³-hybridized carbons (Fsp3) is 0.500. The van der Waals surface area contributed by atoms with E-state index in [1.165, 1.54) is 12.1 Å². The van der Waals surface area contributed by atoms with Gasteiger partial charge in [-0.05, 0) is 25.3 Å². The number of aromatic nitrogens is 1. The molecule has 2 atom stereocenters. The van der Waals surface area contributed by atoms with Crippen molar-refractivity contribution in [2.75, 3.05) is 0 Å². The normalized spacial score (nSPS) is 25.8. The number of nitro groups is 1. The third-order valence-electron chi connectivity index (χ3n) is 3.61. The van der Waals surface area contributed by atoms with Crippen molar-refractivity contribution in [3.8, 4) is 0 Å². The highest BCUT2D eigenvalue weighted by atomic mass is 16.6. The molecule has 18 heavy (non-hydrogen) atoms. The van der Waals surface area contributed by atoms with Gasteiger partial charge in [0.05, 0.1) is 4.92 Å². The van der Waals surface area contributed by atoms with Gasteiger partial charge in [0.2, 0.25) is 0 Å². The predicted molar refractivity (Wildman–Crippen MR) is 63.3 cm³/mol. The van der Waals surface area contributed by atoms with Crippen LogP contribution in [0.4, 0.5) is 5.69 Å². The van der Waals surface area contributed by atoms with E-state index < -0.39 is 16.3 Å². The number of carboxylic acid groups (broad SMARTS) is 1. The van der Waals surface area contributed by atoms with Gasteiger partial charge in [0, 0.05) is 11.8 Å². The van der Waals surface area contributed by atoms with Crippen molar-refractivity contribution in [1.29, 1.82) is 0 Å². The predicted octanol–water partition coefficient (Wildman–Crippen LogP) is 2.05. The topological polar surface area (TPSA) is 93.3 Å². The molecule has 0 radical (unpaired) electrons. The Morgan fingerprint density at radius 2 is 2.33 bits per heavy atom. The van der Waals surface area contributed by atoms with E-state index >= 15 is 0 Å². The fourth-order valence-electron chi connectivity index (χ4n) is 2.50. The summed E-state index contributed by atoms with van der Waals surface area (Å²) < 4.78 is 0. The van der Waals surface area contributed by atoms with Crippen molar-refractivity contribution in [2.24, 2.45) is 5.92 Å². The number of hydrogen-bond acceptors (Lipinski definition) is 4. The van der Waals surface area contributed by atoms with Gasteiger partial charge < -0.3 is 5.11 Å². The summed E-state index contributed by atoms with van der Waals surface area (Å²) in [6.45, 7) is 3.59. The Balaban J connectivity index is 2.59. The monoisotopic (exact) mass is 250 g/mol. The highest BCUT2D eigenvalue weighted by Gasteiger charge is 2.64. The van der Waals surface area contributed by atoms with Gasteiger partial charge in [-0.25, -0.2) is 4.98 Å². The number of aliphatic carboxylic acids is 1. The van der Waals surface area contributed by atoms with Crippen LogP contribution < -0.4 is 0 Å². The summed E-state index contributed by atoms with van der Waals surface area (Å²) in [4.78, 5) is 26.0. The molecule has 1 fully saturated rings. The number of nitrogens with zero attached hydrogens (tertiary/aromatic N) is 2. The lowest BCUT2D eigenvalue weighted by atomic mass is 9.95. The molecule has 0 bridgehead atoms. The van der Waals surface area contributed by atoms with E-state index in [0.29, 0.717) is 18.5 Å². The van der Waals surface area contributed by atoms with E-state index in [2.05, 4.69) is 4.98 Å². The second kappa shape index (κ2) is 4.04. The lowest BCUT2D eigenvalue weighted by Gasteiger charge is -2.12. The van der Waals surface area contributed by atoms with Crippen LogP contribution in [-0.4, -0.2) is 21.0 Å². The summed E-state index contributed by atoms with van der Waals surface area (Å²) in [5.41, 5.74) is -0.660. The van der Waals surface area contributed by atoms with Gasteiger partial charge >= 0.3 is 5.97 Å². The van der Waals surface area contributed by atoms with Gasteiger partial charge in [0.15, 0.2) is 0 Å². The Morgan fingerprint density at radius 1 is 1.67 bits per heavy atom. The molecule has 0 amide bonds. The molecule has 0 spiro atoms. The second-order valence-corrected chi connectivity index (χ2v) is 4.66. The minimum atomic E-state index is -1.16. The lowest BCUT2D eigenvalue weighted by Crippen LogP contribution is -2.25. The molecule has 1 heterocycles. The van der Waals surface area contributed by atoms with Crippen LogP contribution in [0.1, 0.15) is 31.2 Å². The number of rotatable bonds is 4. The summed E-state index contributed by atoms with van der Waals surface area (Å²) in [5, 5.41) is 20.4. The molecular formula is C12H14N2O4. The maximum Gasteiger partial charge on any atom is 0.316 e. The van der Waals surface area contributed by atoms with Gasteiger partial charge in [-0.2, -0.15) is 0 Å². The third kappa shape index (κ3) is 1.64. The summed E-state index contributed by atoms with van der Waals surface area (Å²) >= 11 is 0. The average molecular weight is 250 g/mol. The van der Waals surface area contributed by atoms with Crippen LogP contribution in [0.2, 0.25) is 0 Å². The number of carbonyl (C=O) groups is 1. The first-order chi connectivity index (χ1) is 8.43. The Kier molecular flexibility index (Phi) is 2.80. The van der Waals surface area contributed by atoms with Crippen LogP contribution in [0.5, 0.6) is 0 Å². The molecule has 1 aromatic heterocycles. The van der Waals surface area contributed by atoms with Gasteiger partial charge in [-0.15, -0.1) is 0 Å². The summed E-state index contributed by atoms with van der Waals surface area (Å²) in [7, 11) is 0. The fourth-order valence-corrected chi connectivity index (χ4v) is 2.50. The second-order valence-electron chi connectivity index (χ2n) is 4.66. The molecule has 1 aliphatic rings. The molecule has 1 saturated carbocycles. The van der Waals surface area contributed by atoms with Crippen molar-refractivity contribution in [1.82, 2.24) is 4.98 Å². The molecule has 0 aliphatic heterocycles. The van der Waals surface area contributed by atoms with E-state index in [0.717, 1.165) is 0 Å². The zero-order valence-electron chi connectivity index (χ0n) is 10.2. The quantitative estimate of drug-likeness (QED) is 0.652. The number of pyridine rings is 1. The Bertz CT molecular complexity index is 529. The third-order valence-corrected chi connectivity index (χ3v) is 3.61. The van der Waals surface area contributed by atoms with E-state index in [4.69, 9.17) is 0 Å². The number of aryl methyl sites for hydroxylation is 1. The Labute approximate surface area is 104 Å². The Morgan fingerprint density at radius 3 is 2.78 bits per heavy atom. The van der Waals surface area contributed by atoms with Crippen LogP contribution in [0, 0.1) is 23.0 Å². The minimum Gasteiger partial charge on any atom is -0.481 e. The molecule has 2 rings (SSSR count). The molecule has 1 aliphatic carbocycles. The van der Waals surface area contributed by atoms with Crippen molar-refractivity contribution >= 4 is 11.7 Å². The summed E-state index contributed by atoms with van der Waals surface area (Å²) in [6, 6.07) is 2.87. The standard InChI is InChI=1S/C12H14N2O4/c1-3-8-6-12(8,11(15)16)10-9(14(17)18)5-4-7(2)13-10/h4-5,8H,3,6H2,1-2H3,(H,15,16). The smallest absolute Gasteiger partial charge is 0.316 e. The largest absolute Gasteiger partial charge is 0.481 e. The average Bonchev–Trinajstić information content (AvgIpc) is 3.04. The van der Waals surface area contributed by atoms with Crippen LogP contribution in [0.25, 0.3) is 0 Å². The van der Waals surface area contributed by atoms with Crippen LogP contribution in [0.3, 0.4) is 0 Å². The summed E-state index contributed by atoms with van der Waals surface area (Å²) in [6.07, 6.45) is 1.11. The molecule has 2 unspecified atom stereocenters. The van der Waals surface area contributed by atoms with Gasteiger partial charge in [0.1, 0.15) is 11.1 Å². The first-order valence-electron chi connectivity index (χ1n) is 5.79. The van der Waals surface area contributed by atoms with Crippen molar-refractivity contribution in [2.45, 2.75) is 32.1 Å². The SMILES string of the molecule is CCC1CC1(C(=O)O)c1nc(C)ccc1[N+](=O)[O-]. The van der Waals surface area contributed by atoms with E-state index in [9.17, 15) is 20.0 Å². The van der Waals surface area contributed by atoms with Gasteiger partial charge in [-0.1, -0.05) is 13.3 Å². The molecule has 0 saturated heterocycles. The minimum absolute atomic E-state index is 0.0667. The number of hydrogen-bond donors (Lipinski definition) is 1. The van der Waals surface area contributed by atoms with Crippen LogP contribution in [-0.2, 0) is 10.2 Å². The zero-order chi connectivity index (χ0) is 13.5. The molecule has 1 aromatic rings. The maximum absolute atomic E-state index is 11.5. The Hall–Kier alpha value is -1.98. The van der Waals surface area contributed by atoms with Crippen molar-refractivity contribution in [3.05, 3.63) is 33.6 Å². The molecule has 1 N–H and O–H groups in total. The van der Waals surface area contributed by atoms with Gasteiger partial charge in [0.25, 0.3) is 5.69 Å². The van der Waals surface area contributed by atoms with Gasteiger partial charge in [-0.3, -0.25) is 14.9 Å². The molecular weight excluding hydrogens is 236 g/mol. The molecule has 96 valence electrons. The molecule has 6 heteroatoms. The van der Waals surface area contributed by atoms with E-state index in [1.807, 2.05) is 6.92 Å². The van der Waals surface area contributed by atoms with E-state index in [-0.39, 0.29) is 17.3 Å². The maximum atomic E-state index is 11.5. The zero-order valence-corrected chi connectivity index (χ0v) is 10.2. The lowest BCUT2D eigenvalue weighted by molar-refractivity contribution is -0.386. The van der Waals surface area contributed by atoms with Crippen LogP contribution in [0.15, 0.2) is 12.1 Å². The first kappa shape index (κ1) is 12.5.